The molecule has 2 fully saturated rings. The molecule has 3 atom stereocenters. The number of fused-ring (bicyclic) bond motifs is 2. The molecule has 0 amide bonds. The van der Waals surface area contributed by atoms with Crippen molar-refractivity contribution in [1.82, 2.24) is 4.90 Å². The monoisotopic (exact) mass is 181 g/mol. The third-order valence-corrected chi connectivity index (χ3v) is 4.31. The standard InChI is InChI=1S/C12H23N/c1-3-13(2)7-6-12-9-10-4-5-11(12)8-10/h10-12H,3-9H2,1-2H3. The molecular formula is C12H23N. The van der Waals surface area contributed by atoms with Gasteiger partial charge in [0.15, 0.2) is 0 Å². The second kappa shape index (κ2) is 4.00. The van der Waals surface area contributed by atoms with Crippen molar-refractivity contribution in [1.29, 1.82) is 0 Å². The molecule has 0 aliphatic heterocycles. The molecule has 0 N–H and O–H groups in total. The smallest absolute Gasteiger partial charge is 0.00192 e. The van der Waals surface area contributed by atoms with Crippen LogP contribution in [-0.4, -0.2) is 25.0 Å². The largest absolute Gasteiger partial charge is 0.307 e. The van der Waals surface area contributed by atoms with Crippen LogP contribution < -0.4 is 0 Å². The van der Waals surface area contributed by atoms with Gasteiger partial charge in [-0.1, -0.05) is 13.3 Å². The van der Waals surface area contributed by atoms with E-state index in [0.717, 1.165) is 17.8 Å². The van der Waals surface area contributed by atoms with E-state index in [1.165, 1.54) is 19.5 Å². The highest BCUT2D eigenvalue weighted by Gasteiger charge is 2.38. The fourth-order valence-corrected chi connectivity index (χ4v) is 3.27. The van der Waals surface area contributed by atoms with Crippen molar-refractivity contribution >= 4 is 0 Å². The van der Waals surface area contributed by atoms with Crippen LogP contribution in [0.5, 0.6) is 0 Å². The summed E-state index contributed by atoms with van der Waals surface area (Å²) in [6.07, 6.45) is 7.68. The summed E-state index contributed by atoms with van der Waals surface area (Å²) in [6, 6.07) is 0. The topological polar surface area (TPSA) is 3.24 Å². The van der Waals surface area contributed by atoms with Gasteiger partial charge in [0.05, 0.1) is 0 Å². The van der Waals surface area contributed by atoms with Crippen LogP contribution in [0.25, 0.3) is 0 Å². The third kappa shape index (κ3) is 2.07. The van der Waals surface area contributed by atoms with Crippen molar-refractivity contribution in [3.05, 3.63) is 0 Å². The Morgan fingerprint density at radius 3 is 2.62 bits per heavy atom. The maximum Gasteiger partial charge on any atom is -0.00192 e. The lowest BCUT2D eigenvalue weighted by Gasteiger charge is -2.24. The first kappa shape index (κ1) is 9.51. The van der Waals surface area contributed by atoms with Crippen molar-refractivity contribution < 1.29 is 0 Å². The molecule has 0 radical (unpaired) electrons. The Hall–Kier alpha value is -0.0400. The highest BCUT2D eigenvalue weighted by atomic mass is 15.1. The molecule has 0 heterocycles. The zero-order valence-corrected chi connectivity index (χ0v) is 9.13. The maximum absolute atomic E-state index is 2.45. The average Bonchev–Trinajstić information content (AvgIpc) is 2.74. The number of hydrogen-bond donors (Lipinski definition) is 0. The van der Waals surface area contributed by atoms with Gasteiger partial charge < -0.3 is 4.90 Å². The van der Waals surface area contributed by atoms with Crippen LogP contribution >= 0.6 is 0 Å². The van der Waals surface area contributed by atoms with Gasteiger partial charge in [-0.2, -0.15) is 0 Å². The molecule has 2 rings (SSSR count). The molecule has 0 aromatic carbocycles. The van der Waals surface area contributed by atoms with E-state index < -0.39 is 0 Å². The minimum Gasteiger partial charge on any atom is -0.307 e. The second-order valence-corrected chi connectivity index (χ2v) is 5.12. The van der Waals surface area contributed by atoms with Crippen molar-refractivity contribution in [3.8, 4) is 0 Å². The van der Waals surface area contributed by atoms with E-state index in [1.54, 1.807) is 25.7 Å². The number of rotatable bonds is 4. The zero-order chi connectivity index (χ0) is 9.26. The molecule has 2 saturated carbocycles. The Bertz CT molecular complexity index is 167. The molecule has 1 heteroatoms. The molecule has 3 unspecified atom stereocenters. The fraction of sp³-hybridized carbons (Fsp3) is 1.00. The van der Waals surface area contributed by atoms with Crippen LogP contribution in [0.3, 0.4) is 0 Å². The molecule has 2 aliphatic carbocycles. The summed E-state index contributed by atoms with van der Waals surface area (Å²) in [5, 5.41) is 0. The normalized spacial score (nSPS) is 37.6. The van der Waals surface area contributed by atoms with Crippen LogP contribution in [0, 0.1) is 17.8 Å². The van der Waals surface area contributed by atoms with Gasteiger partial charge in [0.2, 0.25) is 0 Å². The van der Waals surface area contributed by atoms with E-state index in [-0.39, 0.29) is 0 Å². The second-order valence-electron chi connectivity index (χ2n) is 5.12. The summed E-state index contributed by atoms with van der Waals surface area (Å²) in [5.74, 6) is 3.34. The van der Waals surface area contributed by atoms with Crippen LogP contribution in [0.15, 0.2) is 0 Å². The molecule has 2 bridgehead atoms. The summed E-state index contributed by atoms with van der Waals surface area (Å²) in [7, 11) is 2.24. The van der Waals surface area contributed by atoms with Crippen LogP contribution in [0.1, 0.15) is 39.0 Å². The molecule has 0 spiro atoms. The van der Waals surface area contributed by atoms with Gasteiger partial charge >= 0.3 is 0 Å². The summed E-state index contributed by atoms with van der Waals surface area (Å²) in [6.45, 7) is 4.78. The maximum atomic E-state index is 2.45. The number of hydrogen-bond acceptors (Lipinski definition) is 1. The third-order valence-electron chi connectivity index (χ3n) is 4.31. The van der Waals surface area contributed by atoms with Crippen LogP contribution in [-0.2, 0) is 0 Å². The molecule has 1 nitrogen and oxygen atoms in total. The summed E-state index contributed by atoms with van der Waals surface area (Å²) in [5.41, 5.74) is 0. The molecule has 0 aromatic rings. The van der Waals surface area contributed by atoms with Gasteiger partial charge in [0.1, 0.15) is 0 Å². The molecule has 2 aliphatic rings. The van der Waals surface area contributed by atoms with Gasteiger partial charge in [0.25, 0.3) is 0 Å². The highest BCUT2D eigenvalue weighted by Crippen LogP contribution is 2.49. The highest BCUT2D eigenvalue weighted by molar-refractivity contribution is 4.89. The van der Waals surface area contributed by atoms with E-state index in [0.29, 0.717) is 0 Å². The Kier molecular flexibility index (Phi) is 2.92. The summed E-state index contributed by atoms with van der Waals surface area (Å²) >= 11 is 0. The van der Waals surface area contributed by atoms with Gasteiger partial charge in [-0.3, -0.25) is 0 Å². The predicted molar refractivity (Wildman–Crippen MR) is 56.7 cm³/mol. The molecule has 0 saturated heterocycles. The minimum atomic E-state index is 1.09. The zero-order valence-electron chi connectivity index (χ0n) is 9.13. The first-order valence-corrected chi connectivity index (χ1v) is 5.98. The molecular weight excluding hydrogens is 158 g/mol. The van der Waals surface area contributed by atoms with E-state index in [4.69, 9.17) is 0 Å². The Labute approximate surface area is 82.5 Å². The Balaban J connectivity index is 1.71. The van der Waals surface area contributed by atoms with Gasteiger partial charge in [0, 0.05) is 0 Å². The van der Waals surface area contributed by atoms with Crippen molar-refractivity contribution in [3.63, 3.8) is 0 Å². The first-order valence-electron chi connectivity index (χ1n) is 5.98. The molecule has 0 aromatic heterocycles. The van der Waals surface area contributed by atoms with E-state index >= 15 is 0 Å². The van der Waals surface area contributed by atoms with Crippen LogP contribution in [0.4, 0.5) is 0 Å². The predicted octanol–water partition coefficient (Wildman–Crippen LogP) is 2.76. The van der Waals surface area contributed by atoms with Crippen LogP contribution in [0.2, 0.25) is 0 Å². The Morgan fingerprint density at radius 1 is 1.23 bits per heavy atom. The SMILES string of the molecule is CCN(C)CCC1CC2CCC1C2. The van der Waals surface area contributed by atoms with Crippen molar-refractivity contribution in [2.24, 2.45) is 17.8 Å². The lowest BCUT2D eigenvalue weighted by atomic mass is 9.86. The molecule has 76 valence electrons. The molecule has 13 heavy (non-hydrogen) atoms. The lowest BCUT2D eigenvalue weighted by molar-refractivity contribution is 0.258. The van der Waals surface area contributed by atoms with Gasteiger partial charge in [-0.25, -0.2) is 0 Å². The Morgan fingerprint density at radius 2 is 2.08 bits per heavy atom. The van der Waals surface area contributed by atoms with Gasteiger partial charge in [-0.15, -0.1) is 0 Å². The lowest BCUT2D eigenvalue weighted by Crippen LogP contribution is -2.23. The minimum absolute atomic E-state index is 1.09. The average molecular weight is 181 g/mol. The first-order chi connectivity index (χ1) is 6.29. The fourth-order valence-electron chi connectivity index (χ4n) is 3.27. The van der Waals surface area contributed by atoms with E-state index in [1.807, 2.05) is 0 Å². The van der Waals surface area contributed by atoms with Crippen molar-refractivity contribution in [2.45, 2.75) is 39.0 Å². The summed E-state index contributed by atoms with van der Waals surface area (Å²) < 4.78 is 0. The quantitative estimate of drug-likeness (QED) is 0.644. The van der Waals surface area contributed by atoms with Crippen molar-refractivity contribution in [2.75, 3.05) is 20.1 Å². The summed E-state index contributed by atoms with van der Waals surface area (Å²) in [4.78, 5) is 2.45. The van der Waals surface area contributed by atoms with E-state index in [9.17, 15) is 0 Å². The number of nitrogens with zero attached hydrogens (tertiary/aromatic N) is 1. The van der Waals surface area contributed by atoms with E-state index in [2.05, 4.69) is 18.9 Å². The van der Waals surface area contributed by atoms with Gasteiger partial charge in [-0.05, 0) is 63.6 Å².